The zero-order chi connectivity index (χ0) is 19.2. The Bertz CT molecular complexity index is 1100. The smallest absolute Gasteiger partial charge is 0.231 e. The molecule has 27 heavy (non-hydrogen) atoms. The minimum Gasteiger partial charge on any atom is -0.454 e. The molecule has 2 aromatic carbocycles. The number of aryl methyl sites for hydroxylation is 1. The van der Waals surface area contributed by atoms with Gasteiger partial charge in [-0.2, -0.15) is 0 Å². The van der Waals surface area contributed by atoms with E-state index >= 15 is 0 Å². The maximum atomic E-state index is 11.7. The van der Waals surface area contributed by atoms with Crippen molar-refractivity contribution in [2.24, 2.45) is 0 Å². The molecule has 0 spiro atoms. The van der Waals surface area contributed by atoms with Gasteiger partial charge in [-0.15, -0.1) is 0 Å². The lowest BCUT2D eigenvalue weighted by molar-refractivity contribution is 0.174. The molecule has 0 aliphatic carbocycles. The monoisotopic (exact) mass is 384 g/mol. The normalized spacial score (nSPS) is 14.3. The second-order valence-electron chi connectivity index (χ2n) is 6.70. The summed E-state index contributed by atoms with van der Waals surface area (Å²) in [6.07, 6.45) is 4.90. The van der Waals surface area contributed by atoms with Crippen molar-refractivity contribution in [3.63, 3.8) is 0 Å². The van der Waals surface area contributed by atoms with Gasteiger partial charge in [0.1, 0.15) is 5.82 Å². The Morgan fingerprint density at radius 1 is 1.11 bits per heavy atom. The van der Waals surface area contributed by atoms with E-state index in [1.807, 2.05) is 37.4 Å². The van der Waals surface area contributed by atoms with Gasteiger partial charge in [-0.1, -0.05) is 12.1 Å². The van der Waals surface area contributed by atoms with Crippen LogP contribution in [0.15, 0.2) is 53.7 Å². The number of sulfone groups is 1. The van der Waals surface area contributed by atoms with E-state index in [-0.39, 0.29) is 12.8 Å². The average Bonchev–Trinajstić information content (AvgIpc) is 3.28. The van der Waals surface area contributed by atoms with Crippen LogP contribution in [0.1, 0.15) is 24.1 Å². The van der Waals surface area contributed by atoms with Crippen LogP contribution in [-0.4, -0.2) is 31.0 Å². The average molecular weight is 384 g/mol. The highest BCUT2D eigenvalue weighted by atomic mass is 32.2. The van der Waals surface area contributed by atoms with E-state index in [4.69, 9.17) is 9.47 Å². The third-order valence-corrected chi connectivity index (χ3v) is 5.97. The Balaban J connectivity index is 1.72. The maximum Gasteiger partial charge on any atom is 0.231 e. The van der Waals surface area contributed by atoms with Gasteiger partial charge in [0, 0.05) is 24.2 Å². The van der Waals surface area contributed by atoms with Gasteiger partial charge < -0.3 is 14.0 Å². The van der Waals surface area contributed by atoms with Gasteiger partial charge in [-0.25, -0.2) is 13.4 Å². The van der Waals surface area contributed by atoms with Crippen LogP contribution in [0.3, 0.4) is 0 Å². The van der Waals surface area contributed by atoms with Crippen molar-refractivity contribution in [1.29, 1.82) is 0 Å². The molecule has 1 aliphatic rings. The summed E-state index contributed by atoms with van der Waals surface area (Å²) in [6, 6.07) is 10.9. The number of imidazole rings is 1. The molecule has 0 radical (unpaired) electrons. The van der Waals surface area contributed by atoms with Crippen LogP contribution < -0.4 is 9.47 Å². The number of hydrogen-bond acceptors (Lipinski definition) is 5. The summed E-state index contributed by atoms with van der Waals surface area (Å²) in [5.41, 5.74) is 3.02. The molecule has 0 saturated heterocycles. The first-order chi connectivity index (χ1) is 12.8. The Morgan fingerprint density at radius 2 is 1.78 bits per heavy atom. The van der Waals surface area contributed by atoms with Crippen LogP contribution in [0.4, 0.5) is 0 Å². The van der Waals surface area contributed by atoms with E-state index in [2.05, 4.69) is 16.5 Å². The Kier molecular flexibility index (Phi) is 4.19. The zero-order valence-electron chi connectivity index (χ0n) is 15.3. The van der Waals surface area contributed by atoms with E-state index in [1.54, 1.807) is 18.3 Å². The molecule has 140 valence electrons. The molecule has 7 heteroatoms. The fourth-order valence-electron chi connectivity index (χ4n) is 3.27. The highest BCUT2D eigenvalue weighted by Crippen LogP contribution is 2.38. The second-order valence-corrected chi connectivity index (χ2v) is 8.71. The number of aromatic nitrogens is 2. The first-order valence-electron chi connectivity index (χ1n) is 8.58. The molecule has 0 saturated carbocycles. The fraction of sp³-hybridized carbons (Fsp3) is 0.250. The molecule has 0 fully saturated rings. The summed E-state index contributed by atoms with van der Waals surface area (Å²) in [4.78, 5) is 4.86. The molecule has 2 heterocycles. The van der Waals surface area contributed by atoms with Crippen LogP contribution in [0.25, 0.3) is 11.4 Å². The summed E-state index contributed by atoms with van der Waals surface area (Å²) in [5.74, 6) is 2.29. The molecule has 1 aromatic heterocycles. The van der Waals surface area contributed by atoms with Crippen LogP contribution in [-0.2, 0) is 9.84 Å². The molecule has 1 atom stereocenters. The van der Waals surface area contributed by atoms with Crippen molar-refractivity contribution >= 4 is 9.84 Å². The lowest BCUT2D eigenvalue weighted by Gasteiger charge is -2.18. The van der Waals surface area contributed by atoms with E-state index < -0.39 is 9.84 Å². The van der Waals surface area contributed by atoms with Crippen LogP contribution in [0.5, 0.6) is 11.5 Å². The van der Waals surface area contributed by atoms with Crippen molar-refractivity contribution in [1.82, 2.24) is 9.55 Å². The molecule has 1 aliphatic heterocycles. The number of nitrogens with zero attached hydrogens (tertiary/aromatic N) is 2. The first-order valence-corrected chi connectivity index (χ1v) is 10.5. The number of benzene rings is 2. The van der Waals surface area contributed by atoms with Crippen molar-refractivity contribution in [2.45, 2.75) is 24.8 Å². The van der Waals surface area contributed by atoms with Gasteiger partial charge >= 0.3 is 0 Å². The van der Waals surface area contributed by atoms with Crippen LogP contribution in [0, 0.1) is 6.92 Å². The van der Waals surface area contributed by atoms with Gasteiger partial charge in [-0.05, 0) is 49.2 Å². The molecular weight excluding hydrogens is 364 g/mol. The molecule has 3 aromatic rings. The molecule has 0 bridgehead atoms. The highest BCUT2D eigenvalue weighted by Gasteiger charge is 2.20. The number of hydrogen-bond donors (Lipinski definition) is 0. The van der Waals surface area contributed by atoms with E-state index in [9.17, 15) is 8.42 Å². The van der Waals surface area contributed by atoms with E-state index in [0.29, 0.717) is 4.90 Å². The predicted molar refractivity (Wildman–Crippen MR) is 102 cm³/mol. The second kappa shape index (κ2) is 6.42. The first kappa shape index (κ1) is 17.6. The zero-order valence-corrected chi connectivity index (χ0v) is 16.2. The van der Waals surface area contributed by atoms with Gasteiger partial charge in [0.05, 0.1) is 10.9 Å². The van der Waals surface area contributed by atoms with Crippen molar-refractivity contribution in [2.75, 3.05) is 13.0 Å². The molecule has 6 nitrogen and oxygen atoms in total. The Morgan fingerprint density at radius 3 is 2.44 bits per heavy atom. The number of fused-ring (bicyclic) bond motifs is 1. The molecule has 0 N–H and O–H groups in total. The summed E-state index contributed by atoms with van der Waals surface area (Å²) in [6.45, 7) is 4.31. The largest absolute Gasteiger partial charge is 0.454 e. The van der Waals surface area contributed by atoms with Crippen LogP contribution >= 0.6 is 0 Å². The topological polar surface area (TPSA) is 70.4 Å². The van der Waals surface area contributed by atoms with Gasteiger partial charge in [0.15, 0.2) is 21.3 Å². The molecule has 0 unspecified atom stereocenters. The lowest BCUT2D eigenvalue weighted by atomic mass is 10.0. The number of rotatable bonds is 4. The molecular formula is C20H20N2O4S. The predicted octanol–water partition coefficient (Wildman–Crippen LogP) is 3.60. The summed E-state index contributed by atoms with van der Waals surface area (Å²) in [5, 5.41) is 0. The maximum absolute atomic E-state index is 11.7. The summed E-state index contributed by atoms with van der Waals surface area (Å²) in [7, 11) is -3.21. The van der Waals surface area contributed by atoms with Gasteiger partial charge in [0.2, 0.25) is 6.79 Å². The Labute approximate surface area is 158 Å². The molecule has 0 amide bonds. The van der Waals surface area contributed by atoms with E-state index in [0.717, 1.165) is 34.0 Å². The third kappa shape index (κ3) is 3.19. The van der Waals surface area contributed by atoms with E-state index in [1.165, 1.54) is 6.26 Å². The summed E-state index contributed by atoms with van der Waals surface area (Å²) >= 11 is 0. The van der Waals surface area contributed by atoms with Crippen molar-refractivity contribution < 1.29 is 17.9 Å². The Hall–Kier alpha value is -2.80. The minimum absolute atomic E-state index is 0.0130. The number of ether oxygens (including phenoxy) is 2. The lowest BCUT2D eigenvalue weighted by Crippen LogP contribution is -2.08. The summed E-state index contributed by atoms with van der Waals surface area (Å²) < 4.78 is 36.4. The minimum atomic E-state index is -3.21. The highest BCUT2D eigenvalue weighted by molar-refractivity contribution is 7.90. The molecule has 4 rings (SSSR count). The standard InChI is InChI=1S/C20H20N2O4S/c1-13-10-18-19(26-12-25-18)11-17(13)20-21-8-9-22(20)14(2)15-4-6-16(7-5-15)27(3,23)24/h4-11,14H,12H2,1-3H3/t14-/m0/s1. The van der Waals surface area contributed by atoms with Gasteiger partial charge in [-0.3, -0.25) is 0 Å². The van der Waals surface area contributed by atoms with Crippen molar-refractivity contribution in [3.8, 4) is 22.9 Å². The quantitative estimate of drug-likeness (QED) is 0.687. The van der Waals surface area contributed by atoms with Gasteiger partial charge in [0.25, 0.3) is 0 Å². The van der Waals surface area contributed by atoms with Crippen molar-refractivity contribution in [3.05, 3.63) is 59.9 Å². The SMILES string of the molecule is Cc1cc2c(cc1-c1nccn1[C@@H](C)c1ccc(S(C)(=O)=O)cc1)OCO2. The van der Waals surface area contributed by atoms with Crippen LogP contribution in [0.2, 0.25) is 0 Å². The third-order valence-electron chi connectivity index (χ3n) is 4.84. The fourth-order valence-corrected chi connectivity index (χ4v) is 3.90.